The molecule has 0 saturated heterocycles. The highest BCUT2D eigenvalue weighted by Gasteiger charge is 2.13. The molecule has 0 aliphatic carbocycles. The first-order valence-corrected chi connectivity index (χ1v) is 7.32. The maximum atomic E-state index is 7.63. The fourth-order valence-electron chi connectivity index (χ4n) is 2.07. The average Bonchev–Trinajstić information content (AvgIpc) is 2.55. The van der Waals surface area contributed by atoms with E-state index in [1.807, 2.05) is 42.5 Å². The summed E-state index contributed by atoms with van der Waals surface area (Å²) in [6, 6.07) is 13.3. The van der Waals surface area contributed by atoms with E-state index in [2.05, 4.69) is 9.98 Å². The van der Waals surface area contributed by atoms with Gasteiger partial charge >= 0.3 is 0 Å². The van der Waals surface area contributed by atoms with Crippen molar-refractivity contribution in [1.82, 2.24) is 4.98 Å². The molecular formula is C17H17ClN4. The van der Waals surface area contributed by atoms with Crippen molar-refractivity contribution in [2.45, 2.75) is 18.9 Å². The van der Waals surface area contributed by atoms with Gasteiger partial charge in [0.2, 0.25) is 0 Å². The van der Waals surface area contributed by atoms with Gasteiger partial charge in [-0.2, -0.15) is 0 Å². The number of aromatic nitrogens is 1. The number of nitrogens with zero attached hydrogens (tertiary/aromatic N) is 2. The molecule has 1 heterocycles. The smallest absolute Gasteiger partial charge is 0.122 e. The van der Waals surface area contributed by atoms with Crippen molar-refractivity contribution < 1.29 is 0 Å². The van der Waals surface area contributed by atoms with Crippen molar-refractivity contribution in [3.63, 3.8) is 0 Å². The minimum atomic E-state index is -0.508. The largest absolute Gasteiger partial charge is 0.313 e. The van der Waals surface area contributed by atoms with Gasteiger partial charge in [-0.1, -0.05) is 41.9 Å². The van der Waals surface area contributed by atoms with E-state index in [-0.39, 0.29) is 5.17 Å². The van der Waals surface area contributed by atoms with Gasteiger partial charge < -0.3 is 5.41 Å². The number of hydrogen-bond donors (Lipinski definition) is 2. The van der Waals surface area contributed by atoms with E-state index < -0.39 is 6.04 Å². The summed E-state index contributed by atoms with van der Waals surface area (Å²) >= 11 is 5.82. The van der Waals surface area contributed by atoms with E-state index in [0.29, 0.717) is 12.8 Å². The molecule has 0 saturated carbocycles. The van der Waals surface area contributed by atoms with Gasteiger partial charge in [-0.3, -0.25) is 15.4 Å². The first-order valence-electron chi connectivity index (χ1n) is 6.94. The Balaban J connectivity index is 2.36. The molecule has 2 rings (SSSR count). The molecule has 4 nitrogen and oxygen atoms in total. The number of pyridine rings is 1. The molecule has 2 N–H and O–H groups in total. The van der Waals surface area contributed by atoms with Crippen LogP contribution >= 0.6 is 11.6 Å². The van der Waals surface area contributed by atoms with Crippen molar-refractivity contribution >= 4 is 28.7 Å². The monoisotopic (exact) mass is 312 g/mol. The van der Waals surface area contributed by atoms with Crippen LogP contribution in [0.25, 0.3) is 0 Å². The average molecular weight is 313 g/mol. The summed E-state index contributed by atoms with van der Waals surface area (Å²) in [5, 5.41) is 14.8. The van der Waals surface area contributed by atoms with Crippen LogP contribution in [-0.2, 0) is 6.42 Å². The number of aliphatic imine (C=N–C) groups is 1. The van der Waals surface area contributed by atoms with E-state index in [0.717, 1.165) is 16.8 Å². The molecule has 112 valence electrons. The van der Waals surface area contributed by atoms with Gasteiger partial charge in [0.15, 0.2) is 0 Å². The van der Waals surface area contributed by atoms with E-state index in [9.17, 15) is 0 Å². The predicted molar refractivity (Wildman–Crippen MR) is 91.7 cm³/mol. The third-order valence-electron chi connectivity index (χ3n) is 3.17. The molecule has 2 aromatic rings. The highest BCUT2D eigenvalue weighted by atomic mass is 35.5. The fourth-order valence-corrected chi connectivity index (χ4v) is 2.21. The van der Waals surface area contributed by atoms with Crippen LogP contribution in [0.4, 0.5) is 0 Å². The summed E-state index contributed by atoms with van der Waals surface area (Å²) in [5.41, 5.74) is 2.92. The molecule has 1 atom stereocenters. The summed E-state index contributed by atoms with van der Waals surface area (Å²) in [4.78, 5) is 8.64. The molecule has 0 aliphatic heterocycles. The van der Waals surface area contributed by atoms with Crippen LogP contribution in [0.5, 0.6) is 0 Å². The Morgan fingerprint density at radius 1 is 1.18 bits per heavy atom. The van der Waals surface area contributed by atoms with E-state index >= 15 is 0 Å². The minimum absolute atomic E-state index is 0.0527. The van der Waals surface area contributed by atoms with Gasteiger partial charge in [-0.05, 0) is 29.5 Å². The zero-order chi connectivity index (χ0) is 15.8. The lowest BCUT2D eigenvalue weighted by Gasteiger charge is -2.12. The molecule has 0 bridgehead atoms. The van der Waals surface area contributed by atoms with Crippen LogP contribution < -0.4 is 0 Å². The lowest BCUT2D eigenvalue weighted by Crippen LogP contribution is -2.18. The standard InChI is InChI=1S/C17H17ClN4/c18-17(20)15(6-9-19)22-16(14-7-10-21-11-8-14)12-13-4-2-1-3-5-13/h1-5,7-11,15,19-20H,6,12H2. The maximum absolute atomic E-state index is 7.63. The van der Waals surface area contributed by atoms with Crippen LogP contribution in [0.3, 0.4) is 0 Å². The Kier molecular flexibility index (Phi) is 5.98. The summed E-state index contributed by atoms with van der Waals surface area (Å²) in [5.74, 6) is 0. The SMILES string of the molecule is N=CCC(N=C(Cc1ccccc1)c1ccncc1)C(=N)Cl. The van der Waals surface area contributed by atoms with E-state index in [4.69, 9.17) is 22.4 Å². The van der Waals surface area contributed by atoms with Gasteiger partial charge in [0.25, 0.3) is 0 Å². The Bertz CT molecular complexity index is 653. The highest BCUT2D eigenvalue weighted by molar-refractivity contribution is 6.66. The number of rotatable bonds is 7. The molecule has 1 aromatic heterocycles. The molecule has 1 aromatic carbocycles. The Morgan fingerprint density at radius 2 is 1.86 bits per heavy atom. The first-order chi connectivity index (χ1) is 10.7. The van der Waals surface area contributed by atoms with Gasteiger partial charge in [0.05, 0.1) is 0 Å². The van der Waals surface area contributed by atoms with Crippen LogP contribution in [0, 0.1) is 10.8 Å². The van der Waals surface area contributed by atoms with Gasteiger partial charge in [0, 0.05) is 30.9 Å². The van der Waals surface area contributed by atoms with Gasteiger partial charge in [-0.25, -0.2) is 0 Å². The molecular weight excluding hydrogens is 296 g/mol. The van der Waals surface area contributed by atoms with Crippen molar-refractivity contribution in [3.05, 3.63) is 66.0 Å². The molecule has 5 heteroatoms. The van der Waals surface area contributed by atoms with Crippen molar-refractivity contribution in [2.75, 3.05) is 0 Å². The third-order valence-corrected chi connectivity index (χ3v) is 3.43. The molecule has 0 amide bonds. The molecule has 1 unspecified atom stereocenters. The summed E-state index contributed by atoms with van der Waals surface area (Å²) in [7, 11) is 0. The number of halogens is 1. The van der Waals surface area contributed by atoms with Crippen LogP contribution in [0.1, 0.15) is 17.5 Å². The normalized spacial score (nSPS) is 12.7. The second kappa shape index (κ2) is 8.20. The topological polar surface area (TPSA) is 73.0 Å². The van der Waals surface area contributed by atoms with Crippen LogP contribution in [0.2, 0.25) is 0 Å². The summed E-state index contributed by atoms with van der Waals surface area (Å²) in [6.07, 6.45) is 5.63. The van der Waals surface area contributed by atoms with E-state index in [1.165, 1.54) is 6.21 Å². The lowest BCUT2D eigenvalue weighted by atomic mass is 10.0. The second-order valence-electron chi connectivity index (χ2n) is 4.78. The van der Waals surface area contributed by atoms with Gasteiger partial charge in [0.1, 0.15) is 11.2 Å². The number of hydrogen-bond acceptors (Lipinski definition) is 4. The first kappa shape index (κ1) is 16.0. The third kappa shape index (κ3) is 4.60. The molecule has 0 fully saturated rings. The Hall–Kier alpha value is -2.33. The predicted octanol–water partition coefficient (Wildman–Crippen LogP) is 3.74. The maximum Gasteiger partial charge on any atom is 0.122 e. The second-order valence-corrected chi connectivity index (χ2v) is 5.18. The Labute approximate surface area is 134 Å². The minimum Gasteiger partial charge on any atom is -0.313 e. The van der Waals surface area contributed by atoms with Crippen LogP contribution in [0.15, 0.2) is 59.9 Å². The quantitative estimate of drug-likeness (QED) is 0.751. The highest BCUT2D eigenvalue weighted by Crippen LogP contribution is 2.12. The van der Waals surface area contributed by atoms with Crippen molar-refractivity contribution in [2.24, 2.45) is 4.99 Å². The van der Waals surface area contributed by atoms with E-state index in [1.54, 1.807) is 12.4 Å². The zero-order valence-corrected chi connectivity index (χ0v) is 12.8. The Morgan fingerprint density at radius 3 is 2.45 bits per heavy atom. The lowest BCUT2D eigenvalue weighted by molar-refractivity contribution is 0.911. The molecule has 0 radical (unpaired) electrons. The zero-order valence-electron chi connectivity index (χ0n) is 12.0. The van der Waals surface area contributed by atoms with Crippen molar-refractivity contribution in [3.8, 4) is 0 Å². The van der Waals surface area contributed by atoms with Gasteiger partial charge in [-0.15, -0.1) is 0 Å². The number of benzene rings is 1. The molecule has 0 spiro atoms. The summed E-state index contributed by atoms with van der Waals surface area (Å²) < 4.78 is 0. The van der Waals surface area contributed by atoms with Crippen molar-refractivity contribution in [1.29, 1.82) is 10.8 Å². The fraction of sp³-hybridized carbons (Fsp3) is 0.176. The number of nitrogens with one attached hydrogen (secondary N) is 2. The molecule has 22 heavy (non-hydrogen) atoms. The van der Waals surface area contributed by atoms with Crippen LogP contribution in [-0.4, -0.2) is 28.1 Å². The summed E-state index contributed by atoms with van der Waals surface area (Å²) in [6.45, 7) is 0. The molecule has 0 aliphatic rings.